The number of benzene rings is 1. The van der Waals surface area contributed by atoms with Gasteiger partial charge in [0.2, 0.25) is 0 Å². The van der Waals surface area contributed by atoms with E-state index in [-0.39, 0.29) is 18.9 Å². The second-order valence-corrected chi connectivity index (χ2v) is 2.29. The summed E-state index contributed by atoms with van der Waals surface area (Å²) in [5, 5.41) is 9.04. The maximum atomic E-state index is 9.04. The van der Waals surface area contributed by atoms with Crippen molar-refractivity contribution >= 4 is 18.9 Å². The van der Waals surface area contributed by atoms with Gasteiger partial charge in [-0.25, -0.2) is 0 Å². The third-order valence-electron chi connectivity index (χ3n) is 1.35. The van der Waals surface area contributed by atoms with Crippen molar-refractivity contribution in [1.29, 1.82) is 0 Å². The zero-order valence-electron chi connectivity index (χ0n) is 5.68. The van der Waals surface area contributed by atoms with Gasteiger partial charge < -0.3 is 5.11 Å². The number of aromatic hydroxyl groups is 1. The van der Waals surface area contributed by atoms with Crippen LogP contribution in [0.2, 0.25) is 0 Å². The Hall–Kier alpha value is -0.383. The summed E-state index contributed by atoms with van der Waals surface area (Å²) in [7, 11) is 0. The van der Waals surface area contributed by atoms with Crippen LogP contribution in [0.1, 0.15) is 11.1 Å². The topological polar surface area (TPSA) is 20.2 Å². The van der Waals surface area contributed by atoms with Gasteiger partial charge in [-0.3, -0.25) is 0 Å². The summed E-state index contributed by atoms with van der Waals surface area (Å²) in [6, 6.07) is 5.56. The Bertz CT molecular complexity index is 220. The number of rotatable bonds is 0. The zero-order chi connectivity index (χ0) is 6.85. The number of phenols is 1. The van der Waals surface area contributed by atoms with Gasteiger partial charge in [0.15, 0.2) is 0 Å². The SMILES string of the molecule is Cc1ccc(O)c(C)c1.[LiH]. The molecule has 2 heteroatoms. The molecule has 0 aromatic heterocycles. The fourth-order valence-corrected chi connectivity index (χ4v) is 0.805. The predicted molar refractivity (Wildman–Crippen MR) is 44.7 cm³/mol. The Morgan fingerprint density at radius 2 is 1.80 bits per heavy atom. The van der Waals surface area contributed by atoms with Gasteiger partial charge in [0.1, 0.15) is 5.75 Å². The van der Waals surface area contributed by atoms with Crippen molar-refractivity contribution in [3.8, 4) is 5.75 Å². The third kappa shape index (κ3) is 2.10. The molecule has 1 rings (SSSR count). The van der Waals surface area contributed by atoms with E-state index in [9.17, 15) is 0 Å². The summed E-state index contributed by atoms with van der Waals surface area (Å²) in [6.07, 6.45) is 0. The molecule has 0 aliphatic heterocycles. The molecule has 0 bridgehead atoms. The fourth-order valence-electron chi connectivity index (χ4n) is 0.805. The zero-order valence-corrected chi connectivity index (χ0v) is 5.68. The van der Waals surface area contributed by atoms with Crippen LogP contribution in [0, 0.1) is 13.8 Å². The molecule has 1 nitrogen and oxygen atoms in total. The van der Waals surface area contributed by atoms with E-state index in [2.05, 4.69) is 0 Å². The Labute approximate surface area is 73.3 Å². The van der Waals surface area contributed by atoms with Gasteiger partial charge in [0.25, 0.3) is 0 Å². The van der Waals surface area contributed by atoms with E-state index < -0.39 is 0 Å². The van der Waals surface area contributed by atoms with Gasteiger partial charge >= 0.3 is 18.9 Å². The molecule has 0 amide bonds. The van der Waals surface area contributed by atoms with Crippen molar-refractivity contribution in [3.05, 3.63) is 29.3 Å². The first-order valence-electron chi connectivity index (χ1n) is 2.96. The minimum atomic E-state index is 0. The molecule has 0 aliphatic carbocycles. The van der Waals surface area contributed by atoms with Gasteiger partial charge in [-0.2, -0.15) is 0 Å². The van der Waals surface area contributed by atoms with E-state index in [1.807, 2.05) is 26.0 Å². The van der Waals surface area contributed by atoms with Gasteiger partial charge in [-0.05, 0) is 25.5 Å². The first-order valence-corrected chi connectivity index (χ1v) is 2.96. The molecule has 0 saturated heterocycles. The molecule has 10 heavy (non-hydrogen) atoms. The van der Waals surface area contributed by atoms with Crippen LogP contribution in [0.3, 0.4) is 0 Å². The van der Waals surface area contributed by atoms with Gasteiger partial charge in [-0.1, -0.05) is 17.7 Å². The van der Waals surface area contributed by atoms with Crippen molar-refractivity contribution in [2.75, 3.05) is 0 Å². The van der Waals surface area contributed by atoms with Crippen molar-refractivity contribution in [1.82, 2.24) is 0 Å². The molecule has 50 valence electrons. The molecular formula is C8H11LiO. The Morgan fingerprint density at radius 1 is 1.20 bits per heavy atom. The Kier molecular flexibility index (Phi) is 3.56. The number of phenolic OH excluding ortho intramolecular Hbond substituents is 1. The van der Waals surface area contributed by atoms with Crippen LogP contribution >= 0.6 is 0 Å². The van der Waals surface area contributed by atoms with E-state index >= 15 is 0 Å². The molecule has 0 heterocycles. The standard InChI is InChI=1S/C8H10O.Li.H/c1-6-3-4-8(9)7(2)5-6;;/h3-5,9H,1-2H3;;. The summed E-state index contributed by atoms with van der Waals surface area (Å²) in [5.74, 6) is 0.376. The van der Waals surface area contributed by atoms with Crippen LogP contribution in [-0.2, 0) is 0 Å². The van der Waals surface area contributed by atoms with Crippen molar-refractivity contribution in [2.24, 2.45) is 0 Å². The van der Waals surface area contributed by atoms with E-state index in [1.165, 1.54) is 5.56 Å². The fraction of sp³-hybridized carbons (Fsp3) is 0.250. The first kappa shape index (κ1) is 9.62. The molecule has 0 radical (unpaired) electrons. The number of hydrogen-bond acceptors (Lipinski definition) is 1. The normalized spacial score (nSPS) is 8.60. The molecule has 0 atom stereocenters. The minimum absolute atomic E-state index is 0. The van der Waals surface area contributed by atoms with Crippen molar-refractivity contribution < 1.29 is 5.11 Å². The molecule has 1 N–H and O–H groups in total. The summed E-state index contributed by atoms with van der Waals surface area (Å²) in [6.45, 7) is 3.90. The van der Waals surface area contributed by atoms with E-state index in [4.69, 9.17) is 5.11 Å². The molecule has 0 saturated carbocycles. The quantitative estimate of drug-likeness (QED) is 0.526. The van der Waals surface area contributed by atoms with Crippen LogP contribution < -0.4 is 0 Å². The summed E-state index contributed by atoms with van der Waals surface area (Å²) < 4.78 is 0. The van der Waals surface area contributed by atoms with Gasteiger partial charge in [-0.15, -0.1) is 0 Å². The van der Waals surface area contributed by atoms with Crippen LogP contribution in [0.25, 0.3) is 0 Å². The second-order valence-electron chi connectivity index (χ2n) is 2.29. The van der Waals surface area contributed by atoms with Crippen molar-refractivity contribution in [3.63, 3.8) is 0 Å². The monoisotopic (exact) mass is 130 g/mol. The Balaban J connectivity index is 0.000000810. The molecule has 0 spiro atoms. The van der Waals surface area contributed by atoms with E-state index in [0.29, 0.717) is 5.75 Å². The summed E-state index contributed by atoms with van der Waals surface area (Å²) >= 11 is 0. The average Bonchev–Trinajstić information content (AvgIpc) is 1.80. The second kappa shape index (κ2) is 3.70. The molecule has 0 unspecified atom stereocenters. The molecule has 0 aliphatic rings. The maximum absolute atomic E-state index is 9.04. The summed E-state index contributed by atoms with van der Waals surface area (Å²) in [4.78, 5) is 0. The molecule has 1 aromatic rings. The third-order valence-corrected chi connectivity index (χ3v) is 1.35. The first-order chi connectivity index (χ1) is 4.20. The van der Waals surface area contributed by atoms with Gasteiger partial charge in [0.05, 0.1) is 0 Å². The van der Waals surface area contributed by atoms with E-state index in [0.717, 1.165) is 5.56 Å². The number of aryl methyl sites for hydroxylation is 2. The van der Waals surface area contributed by atoms with Crippen LogP contribution in [0.4, 0.5) is 0 Å². The van der Waals surface area contributed by atoms with Crippen LogP contribution in [0.5, 0.6) is 5.75 Å². The number of hydrogen-bond donors (Lipinski definition) is 1. The van der Waals surface area contributed by atoms with Crippen LogP contribution in [0.15, 0.2) is 18.2 Å². The predicted octanol–water partition coefficient (Wildman–Crippen LogP) is 1.36. The van der Waals surface area contributed by atoms with Gasteiger partial charge in [0, 0.05) is 0 Å². The average molecular weight is 130 g/mol. The van der Waals surface area contributed by atoms with Crippen LogP contribution in [-0.4, -0.2) is 24.0 Å². The Morgan fingerprint density at radius 3 is 2.20 bits per heavy atom. The van der Waals surface area contributed by atoms with E-state index in [1.54, 1.807) is 6.07 Å². The molecule has 0 fully saturated rings. The molecule has 1 aromatic carbocycles. The summed E-state index contributed by atoms with van der Waals surface area (Å²) in [5.41, 5.74) is 2.13. The van der Waals surface area contributed by atoms with Crippen molar-refractivity contribution in [2.45, 2.75) is 13.8 Å². The molecular weight excluding hydrogens is 119 g/mol.